The Hall–Kier alpha value is -6.58. The van der Waals surface area contributed by atoms with E-state index in [1.54, 1.807) is 13.8 Å². The van der Waals surface area contributed by atoms with E-state index in [4.69, 9.17) is 6.57 Å². The van der Waals surface area contributed by atoms with Gasteiger partial charge in [0.25, 0.3) is 5.69 Å². The van der Waals surface area contributed by atoms with Crippen LogP contribution in [0, 0.1) is 31.8 Å². The largest absolute Gasteiger partial charge is 2.00 e. The predicted molar refractivity (Wildman–Crippen MR) is 195 cm³/mol. The first-order valence-electron chi connectivity index (χ1n) is 16.9. The summed E-state index contributed by atoms with van der Waals surface area (Å²) in [5.74, 6) is 2.92. The molecule has 282 valence electrons. The van der Waals surface area contributed by atoms with Crippen LogP contribution in [0.25, 0.3) is 16.1 Å². The second kappa shape index (κ2) is 14.7. The summed E-state index contributed by atoms with van der Waals surface area (Å²) in [6.07, 6.45) is 2.90. The van der Waals surface area contributed by atoms with Gasteiger partial charge in [-0.3, -0.25) is 9.26 Å². The minimum absolute atomic E-state index is 0. The van der Waals surface area contributed by atoms with Gasteiger partial charge in [-0.25, -0.2) is 25.0 Å². The molecular weight excluding hydrogens is 748 g/mol. The van der Waals surface area contributed by atoms with Crippen molar-refractivity contribution in [3.63, 3.8) is 0 Å². The third-order valence-electron chi connectivity index (χ3n) is 7.99. The van der Waals surface area contributed by atoms with Gasteiger partial charge in [0.05, 0.1) is 54.7 Å². The van der Waals surface area contributed by atoms with Crippen LogP contribution in [-0.2, 0) is 27.9 Å². The molecule has 0 saturated heterocycles. The fourth-order valence-electron chi connectivity index (χ4n) is 5.52. The second-order valence-electron chi connectivity index (χ2n) is 14.3. The minimum atomic E-state index is -0.278. The number of hydrogen-bond acceptors (Lipinski definition) is 15. The summed E-state index contributed by atoms with van der Waals surface area (Å²) < 4.78 is 5.91. The van der Waals surface area contributed by atoms with Gasteiger partial charge in [0.15, 0.2) is 11.6 Å². The summed E-state index contributed by atoms with van der Waals surface area (Å²) in [7, 11) is 0. The van der Waals surface area contributed by atoms with Gasteiger partial charge < -0.3 is 30.8 Å². The van der Waals surface area contributed by atoms with Gasteiger partial charge in [-0.1, -0.05) is 41.5 Å². The molecule has 0 aliphatic carbocycles. The molecule has 6 aromatic heterocycles. The first kappa shape index (κ1) is 38.2. The standard InChI is InChI=1S/2C16H18N11.Fe/c1-9-21-14-11(12(16(2,3)4)25-27(14)24-9)22-23-13-10(17-5)8-20-26(13)15-18-6-7-19-15;1-9-21-14-11(12(16(2,3)4)25-27(14)24-9)22-23-13-10(7-17)8-20-26(13)15-18-5-6-19-15;/h8H,6-7H2,1-4H3,(H-,18,19,21,24);8H,5-6H2,1-4H3,(H-,18,19,21,24);/q2*-1;+2. The summed E-state index contributed by atoms with van der Waals surface area (Å²) >= 11 is 0. The molecular formula is C32H36FeN22. The SMILES string of the molecule is Cc1nn2nc(C(C)(C)C)c(N=Nc3c(C#N)cnn3C3=NCCN3)c2[n-]1.[C-]#[N+]c1cnn(C2=NCCN2)c1N=Nc1c(C(C)(C)C)nn2nc(C)[n-]c12.[Fe+2]. The molecule has 0 amide bonds. The Morgan fingerprint density at radius 1 is 0.745 bits per heavy atom. The third kappa shape index (κ3) is 7.34. The Morgan fingerprint density at radius 2 is 1.22 bits per heavy atom. The van der Waals surface area contributed by atoms with E-state index >= 15 is 0 Å². The van der Waals surface area contributed by atoms with Gasteiger partial charge in [-0.2, -0.15) is 24.8 Å². The molecule has 0 fully saturated rings. The zero-order valence-electron chi connectivity index (χ0n) is 31.3. The van der Waals surface area contributed by atoms with Crippen molar-refractivity contribution in [1.29, 1.82) is 5.26 Å². The molecule has 0 aromatic carbocycles. The molecule has 23 heteroatoms. The van der Waals surface area contributed by atoms with Crippen molar-refractivity contribution in [2.45, 2.75) is 66.2 Å². The molecule has 0 radical (unpaired) electrons. The predicted octanol–water partition coefficient (Wildman–Crippen LogP) is 3.84. The number of nitrogens with zero attached hydrogens (tertiary/aromatic N) is 20. The fourth-order valence-corrected chi connectivity index (χ4v) is 5.52. The Morgan fingerprint density at radius 3 is 1.65 bits per heavy atom. The van der Waals surface area contributed by atoms with Crippen LogP contribution in [0.1, 0.15) is 70.1 Å². The Bertz CT molecular complexity index is 2410. The number of hydrogen-bond donors (Lipinski definition) is 2. The number of aliphatic imine (C=N–C) groups is 2. The van der Waals surface area contributed by atoms with Crippen LogP contribution >= 0.6 is 0 Å². The summed E-state index contributed by atoms with van der Waals surface area (Å²) in [6.45, 7) is 25.9. The maximum atomic E-state index is 9.39. The van der Waals surface area contributed by atoms with Crippen LogP contribution < -0.4 is 20.6 Å². The maximum Gasteiger partial charge on any atom is 2.00 e. The van der Waals surface area contributed by atoms with Crippen molar-refractivity contribution in [1.82, 2.24) is 69.8 Å². The summed E-state index contributed by atoms with van der Waals surface area (Å²) in [5, 5.41) is 59.1. The first-order chi connectivity index (χ1) is 25.8. The van der Waals surface area contributed by atoms with E-state index in [2.05, 4.69) is 92.5 Å². The first-order valence-corrected chi connectivity index (χ1v) is 16.9. The third-order valence-corrected chi connectivity index (χ3v) is 7.99. The second-order valence-corrected chi connectivity index (χ2v) is 14.3. The number of rotatable bonds is 4. The van der Waals surface area contributed by atoms with Crippen molar-refractivity contribution in [2.75, 3.05) is 26.2 Å². The van der Waals surface area contributed by atoms with Gasteiger partial charge >= 0.3 is 17.1 Å². The van der Waals surface area contributed by atoms with Gasteiger partial charge in [0.2, 0.25) is 11.9 Å². The average Bonchev–Trinajstić information content (AvgIpc) is 3.95. The zero-order chi connectivity index (χ0) is 38.4. The van der Waals surface area contributed by atoms with Gasteiger partial charge in [0.1, 0.15) is 23.0 Å². The van der Waals surface area contributed by atoms with Crippen molar-refractivity contribution < 1.29 is 17.1 Å². The molecule has 2 N–H and O–H groups in total. The molecule has 6 aromatic rings. The van der Waals surface area contributed by atoms with E-state index in [1.807, 2.05) is 41.5 Å². The van der Waals surface area contributed by atoms with Crippen LogP contribution in [0.4, 0.5) is 28.7 Å². The molecule has 0 unspecified atom stereocenters. The molecule has 2 aliphatic rings. The van der Waals surface area contributed by atoms with E-state index < -0.39 is 0 Å². The van der Waals surface area contributed by atoms with Crippen LogP contribution in [0.15, 0.2) is 42.8 Å². The van der Waals surface area contributed by atoms with Crippen molar-refractivity contribution in [3.8, 4) is 6.07 Å². The summed E-state index contributed by atoms with van der Waals surface area (Å²) in [4.78, 5) is 20.9. The molecule has 0 spiro atoms. The fraction of sp³-hybridized carbons (Fsp3) is 0.438. The molecule has 8 heterocycles. The number of aryl methyl sites for hydroxylation is 2. The van der Waals surface area contributed by atoms with Crippen molar-refractivity contribution >= 4 is 51.9 Å². The Kier molecular flexibility index (Phi) is 10.2. The Labute approximate surface area is 324 Å². The quantitative estimate of drug-likeness (QED) is 0.148. The number of nitriles is 1. The van der Waals surface area contributed by atoms with Crippen LogP contribution in [0.5, 0.6) is 0 Å². The molecule has 0 saturated carbocycles. The van der Waals surface area contributed by atoms with E-state index in [0.717, 1.165) is 17.9 Å². The van der Waals surface area contributed by atoms with E-state index in [1.165, 1.54) is 31.0 Å². The van der Waals surface area contributed by atoms with Crippen molar-refractivity contribution in [3.05, 3.63) is 52.4 Å². The number of azo groups is 2. The minimum Gasteiger partial charge on any atom is -0.360 e. The number of fused-ring (bicyclic) bond motifs is 2. The molecule has 55 heavy (non-hydrogen) atoms. The van der Waals surface area contributed by atoms with Crippen LogP contribution in [-0.4, -0.2) is 87.3 Å². The van der Waals surface area contributed by atoms with E-state index in [9.17, 15) is 5.26 Å². The average molecular weight is 785 g/mol. The maximum absolute atomic E-state index is 9.39. The molecule has 8 rings (SSSR count). The van der Waals surface area contributed by atoms with Gasteiger partial charge in [-0.15, -0.1) is 20.5 Å². The summed E-state index contributed by atoms with van der Waals surface area (Å²) in [6, 6.07) is 2.09. The van der Waals surface area contributed by atoms with E-state index in [-0.39, 0.29) is 27.9 Å². The molecule has 0 bridgehead atoms. The molecule has 22 nitrogen and oxygen atoms in total. The molecule has 0 atom stereocenters. The molecule has 2 aliphatic heterocycles. The smallest absolute Gasteiger partial charge is 0.360 e. The van der Waals surface area contributed by atoms with E-state index in [0.29, 0.717) is 88.8 Å². The number of aromatic nitrogens is 12. The topological polar surface area (TPSA) is 251 Å². The zero-order valence-corrected chi connectivity index (χ0v) is 32.4. The van der Waals surface area contributed by atoms with Crippen molar-refractivity contribution in [2.24, 2.45) is 30.4 Å². The monoisotopic (exact) mass is 784 g/mol. The number of nitrogens with one attached hydrogen (secondary N) is 2. The Balaban J connectivity index is 0.000000184. The van der Waals surface area contributed by atoms with Gasteiger partial charge in [0, 0.05) is 23.9 Å². The van der Waals surface area contributed by atoms with Gasteiger partial charge in [-0.05, 0) is 25.5 Å². The van der Waals surface area contributed by atoms with Crippen LogP contribution in [0.3, 0.4) is 0 Å². The van der Waals surface area contributed by atoms with Crippen LogP contribution in [0.2, 0.25) is 0 Å². The summed E-state index contributed by atoms with van der Waals surface area (Å²) in [5.41, 5.74) is 3.63. The normalized spacial score (nSPS) is 14.4.